The highest BCUT2D eigenvalue weighted by Crippen LogP contribution is 2.17. The quantitative estimate of drug-likeness (QED) is 0.746. The molecular formula is C19H17F2N3O. The predicted molar refractivity (Wildman–Crippen MR) is 92.5 cm³/mol. The van der Waals surface area contributed by atoms with Gasteiger partial charge in [0.2, 0.25) is 5.95 Å². The molecule has 0 saturated heterocycles. The van der Waals surface area contributed by atoms with Crippen molar-refractivity contribution in [2.45, 2.75) is 19.9 Å². The molecule has 0 fully saturated rings. The summed E-state index contributed by atoms with van der Waals surface area (Å²) in [6.45, 7) is 2.06. The third kappa shape index (κ3) is 3.91. The van der Waals surface area contributed by atoms with Gasteiger partial charge in [-0.1, -0.05) is 36.4 Å². The monoisotopic (exact) mass is 341 g/mol. The summed E-state index contributed by atoms with van der Waals surface area (Å²) in [5, 5.41) is 3.03. The van der Waals surface area contributed by atoms with Gasteiger partial charge in [0, 0.05) is 24.1 Å². The minimum Gasteiger partial charge on any atom is -0.352 e. The highest BCUT2D eigenvalue weighted by atomic mass is 19.1. The molecule has 0 spiro atoms. The van der Waals surface area contributed by atoms with Gasteiger partial charge in [-0.15, -0.1) is 0 Å². The Balaban J connectivity index is 1.87. The van der Waals surface area contributed by atoms with Crippen LogP contribution in [0.2, 0.25) is 0 Å². The maximum absolute atomic E-state index is 13.9. The van der Waals surface area contributed by atoms with Gasteiger partial charge < -0.3 is 5.32 Å². The number of rotatable bonds is 5. The zero-order valence-corrected chi connectivity index (χ0v) is 13.6. The van der Waals surface area contributed by atoms with Gasteiger partial charge in [-0.25, -0.2) is 13.8 Å². The molecule has 0 amide bonds. The Hall–Kier alpha value is -3.02. The van der Waals surface area contributed by atoms with Crippen LogP contribution in [0.25, 0.3) is 0 Å². The number of benzene rings is 2. The molecule has 0 aliphatic rings. The number of hydrogen-bond donors (Lipinski definition) is 2. The first kappa shape index (κ1) is 16.8. The average molecular weight is 341 g/mol. The first-order valence-electron chi connectivity index (χ1n) is 7.85. The molecule has 6 heteroatoms. The van der Waals surface area contributed by atoms with E-state index in [1.54, 1.807) is 6.92 Å². The first-order valence-corrected chi connectivity index (χ1v) is 7.85. The summed E-state index contributed by atoms with van der Waals surface area (Å²) in [5.41, 5.74) is 1.26. The number of H-pyrrole nitrogens is 1. The van der Waals surface area contributed by atoms with Gasteiger partial charge >= 0.3 is 0 Å². The zero-order chi connectivity index (χ0) is 17.8. The van der Waals surface area contributed by atoms with Crippen molar-refractivity contribution >= 4 is 5.95 Å². The molecule has 4 nitrogen and oxygen atoms in total. The first-order chi connectivity index (χ1) is 12.0. The van der Waals surface area contributed by atoms with Crippen LogP contribution in [0.4, 0.5) is 14.7 Å². The molecule has 0 radical (unpaired) electrons. The summed E-state index contributed by atoms with van der Waals surface area (Å²) in [7, 11) is 0. The molecule has 0 saturated carbocycles. The minimum absolute atomic E-state index is 0.0890. The fraction of sp³-hybridized carbons (Fsp3) is 0.158. The van der Waals surface area contributed by atoms with Crippen LogP contribution in [-0.2, 0) is 13.0 Å². The van der Waals surface area contributed by atoms with Crippen LogP contribution in [0.1, 0.15) is 22.4 Å². The van der Waals surface area contributed by atoms with E-state index in [9.17, 15) is 13.6 Å². The van der Waals surface area contributed by atoms with Crippen LogP contribution in [0, 0.1) is 18.6 Å². The molecule has 0 unspecified atom stereocenters. The Morgan fingerprint density at radius 2 is 1.72 bits per heavy atom. The molecule has 0 aliphatic carbocycles. The molecule has 3 aromatic rings. The second-order valence-electron chi connectivity index (χ2n) is 5.70. The summed E-state index contributed by atoms with van der Waals surface area (Å²) >= 11 is 0. The van der Waals surface area contributed by atoms with Crippen LogP contribution >= 0.6 is 0 Å². The van der Waals surface area contributed by atoms with E-state index in [2.05, 4.69) is 15.3 Å². The maximum Gasteiger partial charge on any atom is 0.255 e. The summed E-state index contributed by atoms with van der Waals surface area (Å²) in [6, 6.07) is 13.3. The normalized spacial score (nSPS) is 10.7. The number of halogens is 2. The van der Waals surface area contributed by atoms with Crippen LogP contribution in [0.3, 0.4) is 0 Å². The Kier molecular flexibility index (Phi) is 4.88. The lowest BCUT2D eigenvalue weighted by Gasteiger charge is -2.10. The summed E-state index contributed by atoms with van der Waals surface area (Å²) in [6.07, 6.45) is -0.0890. The summed E-state index contributed by atoms with van der Waals surface area (Å²) < 4.78 is 27.7. The van der Waals surface area contributed by atoms with Crippen molar-refractivity contribution in [1.82, 2.24) is 9.97 Å². The van der Waals surface area contributed by atoms with Crippen molar-refractivity contribution in [2.24, 2.45) is 0 Å². The van der Waals surface area contributed by atoms with Gasteiger partial charge in [0.25, 0.3) is 5.56 Å². The number of aromatic nitrogens is 2. The molecule has 0 bridgehead atoms. The largest absolute Gasteiger partial charge is 0.352 e. The molecule has 1 heterocycles. The minimum atomic E-state index is -0.653. The van der Waals surface area contributed by atoms with Crippen molar-refractivity contribution in [1.29, 1.82) is 0 Å². The molecule has 2 N–H and O–H groups in total. The van der Waals surface area contributed by atoms with E-state index in [-0.39, 0.29) is 23.5 Å². The van der Waals surface area contributed by atoms with Crippen molar-refractivity contribution in [3.8, 4) is 0 Å². The van der Waals surface area contributed by atoms with Crippen molar-refractivity contribution in [2.75, 3.05) is 5.32 Å². The Morgan fingerprint density at radius 3 is 2.40 bits per heavy atom. The van der Waals surface area contributed by atoms with Crippen LogP contribution in [-0.4, -0.2) is 9.97 Å². The van der Waals surface area contributed by atoms with Gasteiger partial charge in [-0.2, -0.15) is 0 Å². The summed E-state index contributed by atoms with van der Waals surface area (Å²) in [5.74, 6) is -1.04. The fourth-order valence-corrected chi connectivity index (χ4v) is 2.49. The molecule has 2 aromatic carbocycles. The second kappa shape index (κ2) is 7.25. The smallest absolute Gasteiger partial charge is 0.255 e. The number of nitrogens with one attached hydrogen (secondary N) is 2. The zero-order valence-electron chi connectivity index (χ0n) is 13.6. The van der Waals surface area contributed by atoms with Gasteiger partial charge in [0.15, 0.2) is 0 Å². The summed E-state index contributed by atoms with van der Waals surface area (Å²) in [4.78, 5) is 19.1. The molecule has 128 valence electrons. The topological polar surface area (TPSA) is 57.8 Å². The highest BCUT2D eigenvalue weighted by Gasteiger charge is 2.14. The van der Waals surface area contributed by atoms with Crippen molar-refractivity contribution in [3.05, 3.63) is 92.9 Å². The van der Waals surface area contributed by atoms with Crippen molar-refractivity contribution < 1.29 is 8.78 Å². The molecule has 1 aromatic heterocycles. The number of anilines is 1. The Morgan fingerprint density at radius 1 is 1.04 bits per heavy atom. The van der Waals surface area contributed by atoms with E-state index < -0.39 is 11.6 Å². The lowest BCUT2D eigenvalue weighted by molar-refractivity contribution is 0.560. The third-order valence-corrected chi connectivity index (χ3v) is 3.96. The molecule has 3 rings (SSSR count). The van der Waals surface area contributed by atoms with E-state index in [4.69, 9.17) is 0 Å². The van der Waals surface area contributed by atoms with E-state index >= 15 is 0 Å². The maximum atomic E-state index is 13.9. The van der Waals surface area contributed by atoms with Crippen LogP contribution < -0.4 is 10.9 Å². The van der Waals surface area contributed by atoms with E-state index in [1.807, 2.05) is 30.3 Å². The van der Waals surface area contributed by atoms with Gasteiger partial charge in [0.1, 0.15) is 11.6 Å². The van der Waals surface area contributed by atoms with Crippen LogP contribution in [0.15, 0.2) is 53.3 Å². The van der Waals surface area contributed by atoms with Crippen LogP contribution in [0.5, 0.6) is 0 Å². The van der Waals surface area contributed by atoms with Gasteiger partial charge in [-0.3, -0.25) is 9.78 Å². The number of hydrogen-bond acceptors (Lipinski definition) is 3. The Labute approximate surface area is 143 Å². The highest BCUT2D eigenvalue weighted by molar-refractivity contribution is 5.34. The average Bonchev–Trinajstić information content (AvgIpc) is 2.61. The number of nitrogens with zero attached hydrogens (tertiary/aromatic N) is 1. The fourth-order valence-electron chi connectivity index (χ4n) is 2.49. The molecular weight excluding hydrogens is 324 g/mol. The van der Waals surface area contributed by atoms with E-state index in [0.717, 1.165) is 5.56 Å². The molecule has 0 aliphatic heterocycles. The lowest BCUT2D eigenvalue weighted by atomic mass is 10.1. The molecule has 0 atom stereocenters. The second-order valence-corrected chi connectivity index (χ2v) is 5.70. The third-order valence-electron chi connectivity index (χ3n) is 3.96. The van der Waals surface area contributed by atoms with E-state index in [0.29, 0.717) is 17.8 Å². The number of aromatic amines is 1. The lowest BCUT2D eigenvalue weighted by Crippen LogP contribution is -2.19. The van der Waals surface area contributed by atoms with Gasteiger partial charge in [0.05, 0.1) is 5.69 Å². The van der Waals surface area contributed by atoms with E-state index in [1.165, 1.54) is 18.2 Å². The van der Waals surface area contributed by atoms with Crippen molar-refractivity contribution in [3.63, 3.8) is 0 Å². The SMILES string of the molecule is Cc1c(Cc2c(F)cccc2F)nc(NCc2ccccc2)[nH]c1=O. The molecule has 25 heavy (non-hydrogen) atoms. The van der Waals surface area contributed by atoms with Gasteiger partial charge in [-0.05, 0) is 24.6 Å². The Bertz CT molecular complexity index is 919. The predicted octanol–water partition coefficient (Wildman–Crippen LogP) is 3.56. The standard InChI is InChI=1S/C19H17F2N3O/c1-12-17(10-14-15(20)8-5-9-16(14)21)23-19(24-18(12)25)22-11-13-6-3-2-4-7-13/h2-9H,10-11H2,1H3,(H2,22,23,24,25).